The van der Waals surface area contributed by atoms with Gasteiger partial charge in [0, 0.05) is 13.1 Å². The van der Waals surface area contributed by atoms with Gasteiger partial charge in [0.2, 0.25) is 11.1 Å². The summed E-state index contributed by atoms with van der Waals surface area (Å²) in [5.41, 5.74) is 1.93. The monoisotopic (exact) mass is 389 g/mol. The highest BCUT2D eigenvalue weighted by Crippen LogP contribution is 2.23. The number of ether oxygens (including phenoxy) is 1. The summed E-state index contributed by atoms with van der Waals surface area (Å²) in [5, 5.41) is 12.4. The van der Waals surface area contributed by atoms with E-state index in [-0.39, 0.29) is 23.5 Å². The highest BCUT2D eigenvalue weighted by atomic mass is 32.2. The minimum atomic E-state index is -0.232. The molecule has 0 radical (unpaired) electrons. The molecule has 3 rings (SSSR count). The minimum absolute atomic E-state index is 0.0201. The van der Waals surface area contributed by atoms with Gasteiger partial charge in [-0.2, -0.15) is 4.68 Å². The number of benzene rings is 1. The Kier molecular flexibility index (Phi) is 6.44. The predicted octanol–water partition coefficient (Wildman–Crippen LogP) is 1.86. The molecule has 0 spiro atoms. The Morgan fingerprint density at radius 1 is 1.33 bits per heavy atom. The van der Waals surface area contributed by atoms with E-state index in [0.29, 0.717) is 24.9 Å². The number of piperidine rings is 1. The Hall–Kier alpha value is -2.42. The van der Waals surface area contributed by atoms with Crippen LogP contribution < -0.4 is 0 Å². The maximum atomic E-state index is 12.6. The number of para-hydroxylation sites is 1. The van der Waals surface area contributed by atoms with E-state index in [9.17, 15) is 9.59 Å². The number of carbonyl (C=O) groups excluding carboxylic acids is 2. The summed E-state index contributed by atoms with van der Waals surface area (Å²) >= 11 is 1.30. The van der Waals surface area contributed by atoms with Crippen molar-refractivity contribution < 1.29 is 14.3 Å². The van der Waals surface area contributed by atoms with Gasteiger partial charge in [0.05, 0.1) is 24.0 Å². The quantitative estimate of drug-likeness (QED) is 0.550. The zero-order valence-electron chi connectivity index (χ0n) is 15.5. The molecule has 1 amide bonds. The number of tetrazole rings is 1. The molecule has 0 saturated carbocycles. The van der Waals surface area contributed by atoms with E-state index in [0.717, 1.165) is 24.1 Å². The number of aromatic nitrogens is 4. The Bertz CT molecular complexity index is 810. The summed E-state index contributed by atoms with van der Waals surface area (Å²) < 4.78 is 6.74. The topological polar surface area (TPSA) is 90.2 Å². The lowest BCUT2D eigenvalue weighted by Crippen LogP contribution is -2.43. The van der Waals surface area contributed by atoms with Gasteiger partial charge in [0.1, 0.15) is 0 Å². The van der Waals surface area contributed by atoms with Crippen molar-refractivity contribution in [3.63, 3.8) is 0 Å². The molecular weight excluding hydrogens is 366 g/mol. The molecule has 1 aromatic carbocycles. The zero-order valence-corrected chi connectivity index (χ0v) is 16.3. The molecule has 8 nitrogen and oxygen atoms in total. The van der Waals surface area contributed by atoms with Gasteiger partial charge >= 0.3 is 5.97 Å². The first-order valence-electron chi connectivity index (χ1n) is 9.01. The average molecular weight is 389 g/mol. The Balaban J connectivity index is 1.61. The van der Waals surface area contributed by atoms with E-state index in [4.69, 9.17) is 4.74 Å². The third-order valence-electron chi connectivity index (χ3n) is 4.50. The van der Waals surface area contributed by atoms with Crippen molar-refractivity contribution in [2.24, 2.45) is 5.92 Å². The van der Waals surface area contributed by atoms with Gasteiger partial charge in [-0.05, 0) is 48.7 Å². The van der Waals surface area contributed by atoms with Gasteiger partial charge in [-0.1, -0.05) is 30.0 Å². The lowest BCUT2D eigenvalue weighted by molar-refractivity contribution is -0.151. The Labute approximate surface area is 162 Å². The van der Waals surface area contributed by atoms with Crippen molar-refractivity contribution in [1.82, 2.24) is 25.1 Å². The van der Waals surface area contributed by atoms with E-state index >= 15 is 0 Å². The van der Waals surface area contributed by atoms with E-state index in [1.54, 1.807) is 16.5 Å². The van der Waals surface area contributed by atoms with Gasteiger partial charge in [-0.15, -0.1) is 5.10 Å². The lowest BCUT2D eigenvalue weighted by Gasteiger charge is -2.31. The molecule has 1 saturated heterocycles. The van der Waals surface area contributed by atoms with Gasteiger partial charge < -0.3 is 9.64 Å². The second-order valence-electron chi connectivity index (χ2n) is 6.38. The zero-order chi connectivity index (χ0) is 19.2. The second kappa shape index (κ2) is 8.98. The fraction of sp³-hybridized carbons (Fsp3) is 0.500. The predicted molar refractivity (Wildman–Crippen MR) is 101 cm³/mol. The van der Waals surface area contributed by atoms with Crippen LogP contribution in [0.2, 0.25) is 0 Å². The van der Waals surface area contributed by atoms with Crippen LogP contribution in [0.1, 0.15) is 25.3 Å². The second-order valence-corrected chi connectivity index (χ2v) is 7.32. The molecule has 1 aromatic heterocycles. The van der Waals surface area contributed by atoms with Crippen molar-refractivity contribution >= 4 is 23.6 Å². The van der Waals surface area contributed by atoms with E-state index in [2.05, 4.69) is 15.5 Å². The molecular formula is C18H23N5O3S. The highest BCUT2D eigenvalue weighted by Gasteiger charge is 2.29. The lowest BCUT2D eigenvalue weighted by atomic mass is 9.98. The maximum Gasteiger partial charge on any atom is 0.310 e. The molecule has 1 aliphatic heterocycles. The number of rotatable bonds is 6. The van der Waals surface area contributed by atoms with Crippen LogP contribution in [0, 0.1) is 12.8 Å². The number of hydrogen-bond acceptors (Lipinski definition) is 7. The average Bonchev–Trinajstić information content (AvgIpc) is 3.15. The molecule has 2 heterocycles. The number of esters is 1. The van der Waals surface area contributed by atoms with E-state index < -0.39 is 0 Å². The van der Waals surface area contributed by atoms with Crippen LogP contribution in [-0.4, -0.2) is 62.4 Å². The summed E-state index contributed by atoms with van der Waals surface area (Å²) in [6.07, 6.45) is 1.57. The molecule has 0 bridgehead atoms. The first-order valence-corrected chi connectivity index (χ1v) is 10.00. The fourth-order valence-corrected chi connectivity index (χ4v) is 3.88. The number of hydrogen-bond donors (Lipinski definition) is 0. The Morgan fingerprint density at radius 2 is 2.15 bits per heavy atom. The number of likely N-dealkylation sites (tertiary alicyclic amines) is 1. The third kappa shape index (κ3) is 4.65. The minimum Gasteiger partial charge on any atom is -0.466 e. The van der Waals surface area contributed by atoms with Crippen LogP contribution in [0.3, 0.4) is 0 Å². The summed E-state index contributed by atoms with van der Waals surface area (Å²) in [4.78, 5) is 26.3. The normalized spacial score (nSPS) is 17.0. The smallest absolute Gasteiger partial charge is 0.310 e. The van der Waals surface area contributed by atoms with Gasteiger partial charge in [-0.3, -0.25) is 9.59 Å². The number of thioether (sulfide) groups is 1. The van der Waals surface area contributed by atoms with Crippen LogP contribution in [0.25, 0.3) is 5.69 Å². The number of carbonyl (C=O) groups is 2. The molecule has 144 valence electrons. The van der Waals surface area contributed by atoms with Crippen LogP contribution in [0.4, 0.5) is 0 Å². The molecule has 1 atom stereocenters. The van der Waals surface area contributed by atoms with Crippen molar-refractivity contribution in [3.05, 3.63) is 29.8 Å². The van der Waals surface area contributed by atoms with Crippen LogP contribution in [-0.2, 0) is 14.3 Å². The maximum absolute atomic E-state index is 12.6. The number of amides is 1. The molecule has 2 aromatic rings. The van der Waals surface area contributed by atoms with Crippen molar-refractivity contribution in [1.29, 1.82) is 0 Å². The van der Waals surface area contributed by atoms with Crippen LogP contribution in [0.15, 0.2) is 29.4 Å². The van der Waals surface area contributed by atoms with Gasteiger partial charge in [0.15, 0.2) is 0 Å². The summed E-state index contributed by atoms with van der Waals surface area (Å²) in [6, 6.07) is 7.80. The number of aryl methyl sites for hydroxylation is 1. The highest BCUT2D eigenvalue weighted by molar-refractivity contribution is 7.99. The standard InChI is InChI=1S/C18H23N5O3S/c1-3-26-17(25)14-8-6-10-22(11-14)16(24)12-27-18-19-20-21-23(18)15-9-5-4-7-13(15)2/h4-5,7,9,14H,3,6,8,10-12H2,1-2H3/t14-/m0/s1. The van der Waals surface area contributed by atoms with E-state index in [1.165, 1.54) is 11.8 Å². The molecule has 1 aliphatic rings. The number of nitrogens with zero attached hydrogens (tertiary/aromatic N) is 5. The summed E-state index contributed by atoms with van der Waals surface area (Å²) in [6.45, 7) is 5.22. The Morgan fingerprint density at radius 3 is 2.93 bits per heavy atom. The molecule has 0 N–H and O–H groups in total. The van der Waals surface area contributed by atoms with Crippen LogP contribution >= 0.6 is 11.8 Å². The fourth-order valence-electron chi connectivity index (χ4n) is 3.09. The van der Waals surface area contributed by atoms with Gasteiger partial charge in [0.25, 0.3) is 0 Å². The molecule has 27 heavy (non-hydrogen) atoms. The molecule has 1 fully saturated rings. The van der Waals surface area contributed by atoms with Gasteiger partial charge in [-0.25, -0.2) is 0 Å². The largest absolute Gasteiger partial charge is 0.466 e. The first kappa shape index (κ1) is 19.3. The van der Waals surface area contributed by atoms with Crippen molar-refractivity contribution in [2.75, 3.05) is 25.4 Å². The summed E-state index contributed by atoms with van der Waals surface area (Å²) in [5.74, 6) is -0.244. The molecule has 9 heteroatoms. The molecule has 0 aliphatic carbocycles. The first-order chi connectivity index (χ1) is 13.1. The van der Waals surface area contributed by atoms with E-state index in [1.807, 2.05) is 31.2 Å². The molecule has 0 unspecified atom stereocenters. The van der Waals surface area contributed by atoms with Crippen molar-refractivity contribution in [2.45, 2.75) is 31.8 Å². The SMILES string of the molecule is CCOC(=O)[C@H]1CCCN(C(=O)CSc2nnnn2-c2ccccc2C)C1. The van der Waals surface area contributed by atoms with Crippen LogP contribution in [0.5, 0.6) is 0 Å². The summed E-state index contributed by atoms with van der Waals surface area (Å²) in [7, 11) is 0. The third-order valence-corrected chi connectivity index (χ3v) is 5.41. The van der Waals surface area contributed by atoms with Crippen molar-refractivity contribution in [3.8, 4) is 5.69 Å².